The number of aryl methyl sites for hydroxylation is 1. The predicted octanol–water partition coefficient (Wildman–Crippen LogP) is 4.69. The smallest absolute Gasteiger partial charge is 0.411 e. The molecule has 5 rings (SSSR count). The van der Waals surface area contributed by atoms with Crippen molar-refractivity contribution in [3.05, 3.63) is 89.4 Å². The third-order valence-corrected chi connectivity index (χ3v) is 7.01. The first-order chi connectivity index (χ1) is 20.8. The van der Waals surface area contributed by atoms with Crippen molar-refractivity contribution in [1.29, 1.82) is 0 Å². The number of tetrazole rings is 1. The Labute approximate surface area is 252 Å². The number of nitrogens with zero attached hydrogens (tertiary/aromatic N) is 7. The summed E-state index contributed by atoms with van der Waals surface area (Å²) in [5.74, 6) is 0.453. The Morgan fingerprint density at radius 3 is 2.63 bits per heavy atom. The number of imidazole rings is 1. The molecule has 0 unspecified atom stereocenters. The van der Waals surface area contributed by atoms with Gasteiger partial charge in [-0.1, -0.05) is 23.7 Å². The molecule has 5 aromatic rings. The van der Waals surface area contributed by atoms with E-state index in [2.05, 4.69) is 59.8 Å². The number of aromatic amines is 1. The highest BCUT2D eigenvalue weighted by molar-refractivity contribution is 6.30. The van der Waals surface area contributed by atoms with Gasteiger partial charge in [0.25, 0.3) is 0 Å². The first-order valence-corrected chi connectivity index (χ1v) is 14.0. The van der Waals surface area contributed by atoms with Crippen LogP contribution in [0.2, 0.25) is 5.02 Å². The number of hydrogen-bond donors (Lipinski definition) is 3. The summed E-state index contributed by atoms with van der Waals surface area (Å²) < 4.78 is 8.07. The number of carbonyl (C=O) groups excluding carboxylic acids is 2. The molecule has 2 aromatic carbocycles. The van der Waals surface area contributed by atoms with E-state index in [-0.39, 0.29) is 18.4 Å². The number of benzene rings is 2. The fourth-order valence-electron chi connectivity index (χ4n) is 4.54. The van der Waals surface area contributed by atoms with E-state index >= 15 is 0 Å². The molecule has 14 heteroatoms. The summed E-state index contributed by atoms with van der Waals surface area (Å²) in [4.78, 5) is 32.8. The van der Waals surface area contributed by atoms with Gasteiger partial charge in [0, 0.05) is 35.8 Å². The van der Waals surface area contributed by atoms with Gasteiger partial charge < -0.3 is 15.0 Å². The van der Waals surface area contributed by atoms with Crippen LogP contribution < -0.4 is 10.6 Å². The molecule has 3 aromatic heterocycles. The molecule has 3 heterocycles. The van der Waals surface area contributed by atoms with Gasteiger partial charge in [0.05, 0.1) is 36.9 Å². The highest BCUT2D eigenvalue weighted by atomic mass is 35.5. The molecule has 0 radical (unpaired) electrons. The minimum absolute atomic E-state index is 0.153. The van der Waals surface area contributed by atoms with Crippen molar-refractivity contribution in [3.63, 3.8) is 0 Å². The molecule has 1 atom stereocenters. The summed E-state index contributed by atoms with van der Waals surface area (Å²) in [6.45, 7) is 4.11. The maximum absolute atomic E-state index is 13.3. The van der Waals surface area contributed by atoms with E-state index in [0.29, 0.717) is 29.4 Å². The van der Waals surface area contributed by atoms with Crippen LogP contribution in [0.4, 0.5) is 10.5 Å². The minimum Gasteiger partial charge on any atom is -0.453 e. The summed E-state index contributed by atoms with van der Waals surface area (Å²) in [6.07, 6.45) is 7.58. The normalized spacial score (nSPS) is 11.8. The number of methoxy groups -OCH3 is 1. The highest BCUT2D eigenvalue weighted by Gasteiger charge is 2.21. The summed E-state index contributed by atoms with van der Waals surface area (Å²) in [5, 5.41) is 22.2. The van der Waals surface area contributed by atoms with E-state index in [4.69, 9.17) is 11.6 Å². The third-order valence-electron chi connectivity index (χ3n) is 6.77. The molecule has 0 bridgehead atoms. The molecule has 13 nitrogen and oxygen atoms in total. The largest absolute Gasteiger partial charge is 0.453 e. The molecule has 3 N–H and O–H groups in total. The van der Waals surface area contributed by atoms with Gasteiger partial charge in [0.1, 0.15) is 12.2 Å². The van der Waals surface area contributed by atoms with E-state index in [1.807, 2.05) is 35.1 Å². The molecule has 2 amide bonds. The van der Waals surface area contributed by atoms with Crippen molar-refractivity contribution in [3.8, 4) is 16.9 Å². The molecule has 0 aliphatic heterocycles. The van der Waals surface area contributed by atoms with Gasteiger partial charge in [0.2, 0.25) is 5.91 Å². The van der Waals surface area contributed by atoms with Gasteiger partial charge in [-0.15, -0.1) is 5.10 Å². The molecular weight excluding hydrogens is 572 g/mol. The van der Waals surface area contributed by atoms with E-state index in [1.165, 1.54) is 13.4 Å². The quantitative estimate of drug-likeness (QED) is 0.196. The summed E-state index contributed by atoms with van der Waals surface area (Å²) in [7, 11) is 1.31. The average molecular weight is 603 g/mol. The van der Waals surface area contributed by atoms with Crippen LogP contribution in [0.3, 0.4) is 0 Å². The molecule has 0 spiro atoms. The van der Waals surface area contributed by atoms with Crippen LogP contribution in [0.5, 0.6) is 0 Å². The highest BCUT2D eigenvalue weighted by Crippen LogP contribution is 2.25. The van der Waals surface area contributed by atoms with Crippen molar-refractivity contribution in [2.24, 2.45) is 0 Å². The van der Waals surface area contributed by atoms with Crippen molar-refractivity contribution >= 4 is 29.3 Å². The van der Waals surface area contributed by atoms with Crippen molar-refractivity contribution < 1.29 is 14.3 Å². The number of hydrogen-bond acceptors (Lipinski definition) is 8. The number of carbonyl (C=O) groups is 2. The summed E-state index contributed by atoms with van der Waals surface area (Å²) in [5.41, 5.74) is 4.79. The molecule has 0 saturated heterocycles. The Hall–Kier alpha value is -5.04. The number of amides is 2. The van der Waals surface area contributed by atoms with E-state index in [0.717, 1.165) is 28.1 Å². The van der Waals surface area contributed by atoms with Gasteiger partial charge in [0.15, 0.2) is 0 Å². The minimum atomic E-state index is -0.544. The Kier molecular flexibility index (Phi) is 9.11. The molecule has 0 saturated carbocycles. The summed E-state index contributed by atoms with van der Waals surface area (Å²) >= 11 is 6.26. The average Bonchev–Trinajstić information content (AvgIpc) is 3.79. The topological polar surface area (TPSA) is 158 Å². The number of aromatic nitrogens is 8. The number of nitrogens with one attached hydrogen (secondary N) is 3. The van der Waals surface area contributed by atoms with Crippen LogP contribution in [0, 0.1) is 0 Å². The standard InChI is InChI=1S/C29H31ClN10O3/c1-18(2)39-16-19(14-33-39)12-24(28-31-15-25(36-28)20-4-8-23(9-5-20)34-29(42)43-3)35-27(41)11-6-21-13-22(30)7-10-26(21)40-17-32-37-38-40/h4-5,7-10,13-18,24H,6,11-12H2,1-3H3,(H,31,36)(H,34,42)(H,35,41)/t24-/m0/s1. The van der Waals surface area contributed by atoms with Crippen LogP contribution in [0.15, 0.2) is 67.4 Å². The third kappa shape index (κ3) is 7.43. The van der Waals surface area contributed by atoms with Gasteiger partial charge in [-0.25, -0.2) is 14.5 Å². The molecular formula is C29H31ClN10O3. The van der Waals surface area contributed by atoms with E-state index in [1.54, 1.807) is 35.3 Å². The van der Waals surface area contributed by atoms with Gasteiger partial charge in [-0.3, -0.25) is 14.8 Å². The van der Waals surface area contributed by atoms with Crippen LogP contribution >= 0.6 is 11.6 Å². The van der Waals surface area contributed by atoms with E-state index < -0.39 is 12.1 Å². The first-order valence-electron chi connectivity index (χ1n) is 13.6. The molecule has 43 heavy (non-hydrogen) atoms. The lowest BCUT2D eigenvalue weighted by Crippen LogP contribution is -2.31. The Bertz CT molecular complexity index is 1680. The zero-order chi connectivity index (χ0) is 30.3. The molecule has 222 valence electrons. The predicted molar refractivity (Wildman–Crippen MR) is 160 cm³/mol. The van der Waals surface area contributed by atoms with Gasteiger partial charge >= 0.3 is 6.09 Å². The number of rotatable bonds is 11. The Balaban J connectivity index is 1.33. The molecule has 0 aliphatic rings. The van der Waals surface area contributed by atoms with Crippen molar-refractivity contribution in [2.75, 3.05) is 12.4 Å². The lowest BCUT2D eigenvalue weighted by Gasteiger charge is -2.17. The molecule has 0 fully saturated rings. The lowest BCUT2D eigenvalue weighted by atomic mass is 10.1. The monoisotopic (exact) mass is 602 g/mol. The lowest BCUT2D eigenvalue weighted by molar-refractivity contribution is -0.121. The van der Waals surface area contributed by atoms with Crippen molar-refractivity contribution in [2.45, 2.75) is 45.2 Å². The fraction of sp³-hybridized carbons (Fsp3) is 0.276. The summed E-state index contributed by atoms with van der Waals surface area (Å²) in [6, 6.07) is 12.4. The maximum Gasteiger partial charge on any atom is 0.411 e. The zero-order valence-corrected chi connectivity index (χ0v) is 24.6. The Morgan fingerprint density at radius 2 is 1.93 bits per heavy atom. The number of ether oxygens (including phenoxy) is 1. The Morgan fingerprint density at radius 1 is 1.12 bits per heavy atom. The first kappa shape index (κ1) is 29.5. The number of anilines is 1. The molecule has 0 aliphatic carbocycles. The second-order valence-corrected chi connectivity index (χ2v) is 10.6. The fourth-order valence-corrected chi connectivity index (χ4v) is 4.74. The van der Waals surface area contributed by atoms with Crippen LogP contribution in [0.25, 0.3) is 16.9 Å². The maximum atomic E-state index is 13.3. The SMILES string of the molecule is COC(=O)Nc1ccc(-c2cnc([C@H](Cc3cnn(C(C)C)c3)NC(=O)CCc3cc(Cl)ccc3-n3cnnn3)[nH]2)cc1. The van der Waals surface area contributed by atoms with E-state index in [9.17, 15) is 9.59 Å². The second-order valence-electron chi connectivity index (χ2n) is 10.2. The van der Waals surface area contributed by atoms with Crippen molar-refractivity contribution in [1.82, 2.24) is 45.3 Å². The number of halogens is 1. The van der Waals surface area contributed by atoms with Crippen LogP contribution in [0.1, 0.15) is 49.3 Å². The van der Waals surface area contributed by atoms with Gasteiger partial charge in [-0.2, -0.15) is 5.10 Å². The zero-order valence-electron chi connectivity index (χ0n) is 23.9. The second kappa shape index (κ2) is 13.3. The van der Waals surface area contributed by atoms with Crippen LogP contribution in [-0.2, 0) is 22.4 Å². The number of H-pyrrole nitrogens is 1. The van der Waals surface area contributed by atoms with Gasteiger partial charge in [-0.05, 0) is 77.7 Å². The van der Waals surface area contributed by atoms with Crippen LogP contribution in [-0.4, -0.2) is 59.1 Å².